The fourth-order valence-electron chi connectivity index (χ4n) is 0.555. The van der Waals surface area contributed by atoms with Gasteiger partial charge in [0, 0.05) is 14.1 Å². The molecule has 0 heterocycles. The zero-order valence-corrected chi connectivity index (χ0v) is 7.32. The molecule has 0 atom stereocenters. The highest BCUT2D eigenvalue weighted by molar-refractivity contribution is 5.54. The molecule has 0 aliphatic carbocycles. The lowest BCUT2D eigenvalue weighted by molar-refractivity contribution is -0.247. The summed E-state index contributed by atoms with van der Waals surface area (Å²) in [5.41, 5.74) is 0. The van der Waals surface area contributed by atoms with E-state index < -0.39 is 18.4 Å². The average molecular weight is 222 g/mol. The predicted octanol–water partition coefficient (Wildman–Crippen LogP) is 2.07. The summed E-state index contributed by atoms with van der Waals surface area (Å²) in [5.74, 6) is 0. The van der Waals surface area contributed by atoms with E-state index in [2.05, 4.69) is 4.99 Å². The summed E-state index contributed by atoms with van der Waals surface area (Å²) in [6.45, 7) is 0. The zero-order chi connectivity index (χ0) is 11.6. The molecule has 0 unspecified atom stereocenters. The number of hydrogen-bond donors (Lipinski definition) is 0. The minimum atomic E-state index is -5.41. The second kappa shape index (κ2) is 4.05. The Balaban J connectivity index is 4.77. The van der Waals surface area contributed by atoms with Crippen LogP contribution in [0.4, 0.5) is 26.3 Å². The third-order valence-electron chi connectivity index (χ3n) is 1.07. The van der Waals surface area contributed by atoms with Crippen molar-refractivity contribution in [2.75, 3.05) is 14.1 Å². The normalized spacial score (nSPS) is 14.1. The quantitative estimate of drug-likeness (QED) is 0.396. The number of aliphatic imine (C=N–C) groups is 1. The number of alkyl halides is 6. The minimum Gasteiger partial charge on any atom is -0.369 e. The van der Waals surface area contributed by atoms with Crippen LogP contribution in [-0.2, 0) is 0 Å². The highest BCUT2D eigenvalue weighted by atomic mass is 19.4. The van der Waals surface area contributed by atoms with Crippen LogP contribution in [0.3, 0.4) is 0 Å². The summed E-state index contributed by atoms with van der Waals surface area (Å²) in [6.07, 6.45) is -10.3. The van der Waals surface area contributed by atoms with Crippen molar-refractivity contribution in [2.24, 2.45) is 4.99 Å². The van der Waals surface area contributed by atoms with Crippen LogP contribution in [0.15, 0.2) is 4.99 Å². The van der Waals surface area contributed by atoms with Crippen molar-refractivity contribution < 1.29 is 26.3 Å². The molecule has 0 radical (unpaired) electrons. The maximum absolute atomic E-state index is 11.8. The molecule has 2 nitrogen and oxygen atoms in total. The Bertz CT molecular complexity index is 189. The van der Waals surface area contributed by atoms with Gasteiger partial charge in [-0.2, -0.15) is 26.3 Å². The maximum atomic E-state index is 11.8. The SMILES string of the molecule is CN(C)C=NC(C(F)(F)F)C(F)(F)F. The highest BCUT2D eigenvalue weighted by Crippen LogP contribution is 2.35. The molecule has 0 aliphatic rings. The lowest BCUT2D eigenvalue weighted by atomic mass is 10.3. The zero-order valence-electron chi connectivity index (χ0n) is 7.32. The van der Waals surface area contributed by atoms with Crippen LogP contribution in [0, 0.1) is 0 Å². The van der Waals surface area contributed by atoms with Crippen molar-refractivity contribution in [3.63, 3.8) is 0 Å². The lowest BCUT2D eigenvalue weighted by Gasteiger charge is -2.19. The first kappa shape index (κ1) is 13.0. The number of nitrogens with zero attached hydrogens (tertiary/aromatic N) is 2. The molecule has 0 aromatic rings. The first-order valence-electron chi connectivity index (χ1n) is 3.38. The maximum Gasteiger partial charge on any atom is 0.419 e. The van der Waals surface area contributed by atoms with E-state index in [4.69, 9.17) is 0 Å². The van der Waals surface area contributed by atoms with E-state index in [0.717, 1.165) is 4.90 Å². The Morgan fingerprint density at radius 2 is 1.36 bits per heavy atom. The number of halogens is 6. The summed E-state index contributed by atoms with van der Waals surface area (Å²) in [7, 11) is 2.54. The van der Waals surface area contributed by atoms with Crippen molar-refractivity contribution in [2.45, 2.75) is 18.4 Å². The van der Waals surface area contributed by atoms with E-state index in [1.807, 2.05) is 0 Å². The van der Waals surface area contributed by atoms with Crippen LogP contribution in [-0.4, -0.2) is 43.7 Å². The first-order valence-corrected chi connectivity index (χ1v) is 3.38. The van der Waals surface area contributed by atoms with Gasteiger partial charge in [0.1, 0.15) is 0 Å². The monoisotopic (exact) mass is 222 g/mol. The molecule has 84 valence electrons. The van der Waals surface area contributed by atoms with Gasteiger partial charge in [0.2, 0.25) is 6.04 Å². The molecule has 0 aliphatic heterocycles. The summed E-state index contributed by atoms with van der Waals surface area (Å²) in [5, 5.41) is 0. The first-order chi connectivity index (χ1) is 6.05. The van der Waals surface area contributed by atoms with Crippen LogP contribution in [0.25, 0.3) is 0 Å². The second-order valence-corrected chi connectivity index (χ2v) is 2.71. The van der Waals surface area contributed by atoms with Crippen LogP contribution in [0.2, 0.25) is 0 Å². The second-order valence-electron chi connectivity index (χ2n) is 2.71. The standard InChI is InChI=1S/C6H8F6N2/c1-14(2)3-13-4(5(7,8)9)6(10,11)12/h3-4H,1-2H3. The Hall–Kier alpha value is -0.950. The van der Waals surface area contributed by atoms with Crippen molar-refractivity contribution in [1.29, 1.82) is 0 Å². The summed E-state index contributed by atoms with van der Waals surface area (Å²) < 4.78 is 70.9. The largest absolute Gasteiger partial charge is 0.419 e. The van der Waals surface area contributed by atoms with Crippen LogP contribution >= 0.6 is 0 Å². The molecule has 0 amide bonds. The predicted molar refractivity (Wildman–Crippen MR) is 38.1 cm³/mol. The van der Waals surface area contributed by atoms with Gasteiger partial charge in [-0.25, -0.2) is 0 Å². The average Bonchev–Trinajstić information content (AvgIpc) is 1.78. The smallest absolute Gasteiger partial charge is 0.369 e. The van der Waals surface area contributed by atoms with Crippen molar-refractivity contribution in [3.05, 3.63) is 0 Å². The molecule has 0 aromatic heterocycles. The van der Waals surface area contributed by atoms with E-state index >= 15 is 0 Å². The van der Waals surface area contributed by atoms with Gasteiger partial charge in [-0.1, -0.05) is 0 Å². The van der Waals surface area contributed by atoms with Crippen molar-refractivity contribution in [3.8, 4) is 0 Å². The molecule has 0 aromatic carbocycles. The molecular weight excluding hydrogens is 214 g/mol. The topological polar surface area (TPSA) is 15.6 Å². The van der Waals surface area contributed by atoms with E-state index in [1.165, 1.54) is 14.1 Å². The lowest BCUT2D eigenvalue weighted by Crippen LogP contribution is -2.41. The third kappa shape index (κ3) is 4.33. The van der Waals surface area contributed by atoms with E-state index in [0.29, 0.717) is 6.34 Å². The summed E-state index contributed by atoms with van der Waals surface area (Å²) >= 11 is 0. The fraction of sp³-hybridized carbons (Fsp3) is 0.833. The number of rotatable bonds is 2. The van der Waals surface area contributed by atoms with E-state index in [1.54, 1.807) is 0 Å². The molecule has 0 rings (SSSR count). The Morgan fingerprint density at radius 3 is 1.57 bits per heavy atom. The summed E-state index contributed by atoms with van der Waals surface area (Å²) in [6, 6.07) is -3.66. The van der Waals surface area contributed by atoms with Crippen LogP contribution in [0.1, 0.15) is 0 Å². The molecule has 0 saturated heterocycles. The molecule has 8 heteroatoms. The van der Waals surface area contributed by atoms with Gasteiger partial charge >= 0.3 is 12.4 Å². The van der Waals surface area contributed by atoms with E-state index in [-0.39, 0.29) is 0 Å². The van der Waals surface area contributed by atoms with Gasteiger partial charge in [0.05, 0.1) is 6.34 Å². The molecule has 0 N–H and O–H groups in total. The van der Waals surface area contributed by atoms with Crippen LogP contribution < -0.4 is 0 Å². The van der Waals surface area contributed by atoms with Gasteiger partial charge in [0.15, 0.2) is 0 Å². The van der Waals surface area contributed by atoms with Crippen molar-refractivity contribution in [1.82, 2.24) is 4.90 Å². The van der Waals surface area contributed by atoms with Gasteiger partial charge < -0.3 is 4.90 Å². The summed E-state index contributed by atoms with van der Waals surface area (Å²) in [4.78, 5) is 3.41. The molecular formula is C6H8F6N2. The van der Waals surface area contributed by atoms with Crippen molar-refractivity contribution >= 4 is 6.34 Å². The highest BCUT2D eigenvalue weighted by Gasteiger charge is 2.56. The minimum absolute atomic E-state index is 0.478. The van der Waals surface area contributed by atoms with E-state index in [9.17, 15) is 26.3 Å². The molecule has 14 heavy (non-hydrogen) atoms. The Labute approximate surface area is 76.2 Å². The van der Waals surface area contributed by atoms with Gasteiger partial charge in [-0.15, -0.1) is 0 Å². The molecule has 0 fully saturated rings. The van der Waals surface area contributed by atoms with Gasteiger partial charge in [0.25, 0.3) is 0 Å². The Kier molecular flexibility index (Phi) is 3.78. The Morgan fingerprint density at radius 1 is 1.00 bits per heavy atom. The molecule has 0 bridgehead atoms. The number of hydrogen-bond acceptors (Lipinski definition) is 1. The fourth-order valence-corrected chi connectivity index (χ4v) is 0.555. The van der Waals surface area contributed by atoms with Gasteiger partial charge in [-0.05, 0) is 0 Å². The molecule has 0 saturated carbocycles. The molecule has 0 spiro atoms. The van der Waals surface area contributed by atoms with Crippen LogP contribution in [0.5, 0.6) is 0 Å². The van der Waals surface area contributed by atoms with Gasteiger partial charge in [-0.3, -0.25) is 4.99 Å². The third-order valence-corrected chi connectivity index (χ3v) is 1.07.